The van der Waals surface area contributed by atoms with Crippen molar-refractivity contribution in [1.29, 1.82) is 0 Å². The van der Waals surface area contributed by atoms with Crippen molar-refractivity contribution in [3.63, 3.8) is 0 Å². The van der Waals surface area contributed by atoms with E-state index < -0.39 is 11.8 Å². The van der Waals surface area contributed by atoms with Crippen molar-refractivity contribution < 1.29 is 9.18 Å². The average molecular weight is 264 g/mol. The molecule has 18 heavy (non-hydrogen) atoms. The van der Waals surface area contributed by atoms with Gasteiger partial charge in [-0.15, -0.1) is 0 Å². The Kier molecular flexibility index (Phi) is 4.30. The first-order chi connectivity index (χ1) is 8.75. The first kappa shape index (κ1) is 12.6. The number of thiophene rings is 1. The lowest BCUT2D eigenvalue weighted by Crippen LogP contribution is -2.30. The molecule has 0 aliphatic carbocycles. The molecule has 0 saturated heterocycles. The largest absolute Gasteiger partial charge is 0.338 e. The van der Waals surface area contributed by atoms with Crippen LogP contribution in [0.25, 0.3) is 0 Å². The van der Waals surface area contributed by atoms with Crippen molar-refractivity contribution in [3.05, 3.63) is 52.5 Å². The van der Waals surface area contributed by atoms with Crippen LogP contribution in [0.4, 0.5) is 14.9 Å². The molecule has 1 heterocycles. The van der Waals surface area contributed by atoms with Crippen LogP contribution in [0.5, 0.6) is 0 Å². The standard InChI is InChI=1S/C13H13FN2OS/c14-11-3-1-2-4-12(11)16-13(17)15-7-5-10-6-8-18-9-10/h1-4,6,8-9H,5,7H2,(H2,15,16,17). The summed E-state index contributed by atoms with van der Waals surface area (Å²) in [7, 11) is 0. The molecular weight excluding hydrogens is 251 g/mol. The summed E-state index contributed by atoms with van der Waals surface area (Å²) in [4.78, 5) is 11.5. The van der Waals surface area contributed by atoms with E-state index in [1.165, 1.54) is 17.7 Å². The van der Waals surface area contributed by atoms with Crippen molar-refractivity contribution in [3.8, 4) is 0 Å². The normalized spacial score (nSPS) is 10.1. The molecule has 0 spiro atoms. The lowest BCUT2D eigenvalue weighted by atomic mass is 10.2. The van der Waals surface area contributed by atoms with Gasteiger partial charge in [0, 0.05) is 6.54 Å². The number of carbonyl (C=O) groups is 1. The SMILES string of the molecule is O=C(NCCc1ccsc1)Nc1ccccc1F. The fourth-order valence-electron chi connectivity index (χ4n) is 1.48. The van der Waals surface area contributed by atoms with Gasteiger partial charge in [-0.2, -0.15) is 11.3 Å². The van der Waals surface area contributed by atoms with E-state index >= 15 is 0 Å². The van der Waals surface area contributed by atoms with Gasteiger partial charge in [-0.05, 0) is 40.9 Å². The van der Waals surface area contributed by atoms with E-state index in [-0.39, 0.29) is 5.69 Å². The molecule has 0 bridgehead atoms. The highest BCUT2D eigenvalue weighted by Gasteiger charge is 2.05. The number of hydrogen-bond acceptors (Lipinski definition) is 2. The minimum Gasteiger partial charge on any atom is -0.338 e. The Morgan fingerprint density at radius 3 is 2.83 bits per heavy atom. The number of carbonyl (C=O) groups excluding carboxylic acids is 1. The van der Waals surface area contributed by atoms with Gasteiger partial charge in [-0.25, -0.2) is 9.18 Å². The minimum absolute atomic E-state index is 0.186. The molecule has 2 amide bonds. The Morgan fingerprint density at radius 1 is 1.28 bits per heavy atom. The van der Waals surface area contributed by atoms with Crippen LogP contribution in [0, 0.1) is 5.82 Å². The average Bonchev–Trinajstić information content (AvgIpc) is 2.85. The molecule has 3 nitrogen and oxygen atoms in total. The van der Waals surface area contributed by atoms with Crippen LogP contribution in [0.2, 0.25) is 0 Å². The first-order valence-corrected chi connectivity index (χ1v) is 6.50. The van der Waals surface area contributed by atoms with Gasteiger partial charge in [0.15, 0.2) is 0 Å². The molecule has 0 saturated carbocycles. The summed E-state index contributed by atoms with van der Waals surface area (Å²) in [6, 6.07) is 7.70. The second-order valence-corrected chi connectivity index (χ2v) is 4.52. The van der Waals surface area contributed by atoms with E-state index in [1.54, 1.807) is 23.5 Å². The number of amides is 2. The molecule has 0 aliphatic rings. The Bertz CT molecular complexity index is 513. The number of halogens is 1. The molecule has 2 rings (SSSR count). The van der Waals surface area contributed by atoms with Gasteiger partial charge in [-0.3, -0.25) is 0 Å². The van der Waals surface area contributed by atoms with Crippen molar-refractivity contribution in [2.75, 3.05) is 11.9 Å². The van der Waals surface area contributed by atoms with Gasteiger partial charge in [0.2, 0.25) is 0 Å². The van der Waals surface area contributed by atoms with Crippen LogP contribution in [0.3, 0.4) is 0 Å². The first-order valence-electron chi connectivity index (χ1n) is 5.56. The molecule has 94 valence electrons. The maximum absolute atomic E-state index is 13.3. The third-order valence-electron chi connectivity index (χ3n) is 2.40. The third-order valence-corrected chi connectivity index (χ3v) is 3.13. The van der Waals surface area contributed by atoms with Crippen LogP contribution in [-0.2, 0) is 6.42 Å². The van der Waals surface area contributed by atoms with Crippen LogP contribution in [-0.4, -0.2) is 12.6 Å². The maximum Gasteiger partial charge on any atom is 0.319 e. The molecule has 5 heteroatoms. The second kappa shape index (κ2) is 6.16. The van der Waals surface area contributed by atoms with Crippen molar-refractivity contribution in [2.45, 2.75) is 6.42 Å². The summed E-state index contributed by atoms with van der Waals surface area (Å²) >= 11 is 1.63. The van der Waals surface area contributed by atoms with Crippen LogP contribution in [0.1, 0.15) is 5.56 Å². The molecule has 1 aromatic carbocycles. The van der Waals surface area contributed by atoms with E-state index in [0.717, 1.165) is 6.42 Å². The maximum atomic E-state index is 13.3. The lowest BCUT2D eigenvalue weighted by Gasteiger charge is -2.07. The van der Waals surface area contributed by atoms with Crippen LogP contribution < -0.4 is 10.6 Å². The lowest BCUT2D eigenvalue weighted by molar-refractivity contribution is 0.252. The zero-order valence-electron chi connectivity index (χ0n) is 9.65. The van der Waals surface area contributed by atoms with Crippen molar-refractivity contribution in [2.24, 2.45) is 0 Å². The van der Waals surface area contributed by atoms with Gasteiger partial charge >= 0.3 is 6.03 Å². The molecular formula is C13H13FN2OS. The fourth-order valence-corrected chi connectivity index (χ4v) is 2.19. The quantitative estimate of drug-likeness (QED) is 0.874. The number of nitrogens with one attached hydrogen (secondary N) is 2. The van der Waals surface area contributed by atoms with E-state index in [2.05, 4.69) is 10.6 Å². The topological polar surface area (TPSA) is 41.1 Å². The molecule has 2 N–H and O–H groups in total. The van der Waals surface area contributed by atoms with Gasteiger partial charge < -0.3 is 10.6 Å². The predicted octanol–water partition coefficient (Wildman–Crippen LogP) is 3.25. The second-order valence-electron chi connectivity index (χ2n) is 3.74. The Labute approximate surface area is 109 Å². The van der Waals surface area contributed by atoms with E-state index in [4.69, 9.17) is 0 Å². The molecule has 0 aliphatic heterocycles. The van der Waals surface area contributed by atoms with E-state index in [9.17, 15) is 9.18 Å². The number of urea groups is 1. The zero-order valence-corrected chi connectivity index (χ0v) is 10.5. The van der Waals surface area contributed by atoms with Gasteiger partial charge in [0.05, 0.1) is 5.69 Å². The molecule has 0 fully saturated rings. The summed E-state index contributed by atoms with van der Waals surface area (Å²) in [5.74, 6) is -0.439. The van der Waals surface area contributed by atoms with E-state index in [1.807, 2.05) is 16.8 Å². The number of rotatable bonds is 4. The number of anilines is 1. The van der Waals surface area contributed by atoms with Crippen LogP contribution >= 0.6 is 11.3 Å². The Balaban J connectivity index is 1.77. The van der Waals surface area contributed by atoms with Gasteiger partial charge in [0.1, 0.15) is 5.82 Å². The smallest absolute Gasteiger partial charge is 0.319 e. The third kappa shape index (κ3) is 3.56. The molecule has 1 aromatic heterocycles. The number of benzene rings is 1. The van der Waals surface area contributed by atoms with E-state index in [0.29, 0.717) is 6.54 Å². The fraction of sp³-hybridized carbons (Fsp3) is 0.154. The zero-order chi connectivity index (χ0) is 12.8. The van der Waals surface area contributed by atoms with Gasteiger partial charge in [-0.1, -0.05) is 12.1 Å². The van der Waals surface area contributed by atoms with Crippen molar-refractivity contribution in [1.82, 2.24) is 5.32 Å². The predicted molar refractivity (Wildman–Crippen MR) is 71.4 cm³/mol. The number of hydrogen-bond donors (Lipinski definition) is 2. The van der Waals surface area contributed by atoms with Crippen molar-refractivity contribution >= 4 is 23.1 Å². The molecule has 0 unspecified atom stereocenters. The summed E-state index contributed by atoms with van der Waals surface area (Å²) in [5, 5.41) is 9.19. The Hall–Kier alpha value is -1.88. The highest BCUT2D eigenvalue weighted by molar-refractivity contribution is 7.07. The molecule has 2 aromatic rings. The summed E-state index contributed by atoms with van der Waals surface area (Å²) in [5.41, 5.74) is 1.37. The summed E-state index contributed by atoms with van der Waals surface area (Å²) < 4.78 is 13.3. The highest BCUT2D eigenvalue weighted by atomic mass is 32.1. The van der Waals surface area contributed by atoms with Crippen LogP contribution in [0.15, 0.2) is 41.1 Å². The highest BCUT2D eigenvalue weighted by Crippen LogP contribution is 2.11. The monoisotopic (exact) mass is 264 g/mol. The molecule has 0 atom stereocenters. The van der Waals surface area contributed by atoms with Gasteiger partial charge in [0.25, 0.3) is 0 Å². The molecule has 0 radical (unpaired) electrons. The summed E-state index contributed by atoms with van der Waals surface area (Å²) in [6.07, 6.45) is 0.772. The minimum atomic E-state index is -0.439. The number of para-hydroxylation sites is 1. The Morgan fingerprint density at radius 2 is 2.11 bits per heavy atom. The summed E-state index contributed by atoms with van der Waals surface area (Å²) in [6.45, 7) is 0.525.